The highest BCUT2D eigenvalue weighted by Gasteiger charge is 2.17. The predicted molar refractivity (Wildman–Crippen MR) is 95.4 cm³/mol. The van der Waals surface area contributed by atoms with E-state index in [0.29, 0.717) is 19.1 Å². The van der Waals surface area contributed by atoms with E-state index in [2.05, 4.69) is 24.5 Å². The van der Waals surface area contributed by atoms with Crippen molar-refractivity contribution in [1.82, 2.24) is 10.6 Å². The highest BCUT2D eigenvalue weighted by atomic mass is 16.5. The van der Waals surface area contributed by atoms with Crippen molar-refractivity contribution < 1.29 is 9.53 Å². The fourth-order valence-corrected chi connectivity index (χ4v) is 2.19. The van der Waals surface area contributed by atoms with Crippen molar-refractivity contribution in [1.29, 1.82) is 5.26 Å². The molecule has 0 aliphatic rings. The number of nitriles is 1. The first kappa shape index (κ1) is 19.6. The van der Waals surface area contributed by atoms with Crippen LogP contribution in [0.2, 0.25) is 0 Å². The molecule has 0 fully saturated rings. The third-order valence-electron chi connectivity index (χ3n) is 3.42. The van der Waals surface area contributed by atoms with Crippen molar-refractivity contribution in [2.24, 2.45) is 5.92 Å². The molecule has 1 aromatic rings. The average molecular weight is 329 g/mol. The minimum atomic E-state index is -0.398. The van der Waals surface area contributed by atoms with Gasteiger partial charge in [0, 0.05) is 18.3 Å². The zero-order valence-corrected chi connectivity index (χ0v) is 15.1. The van der Waals surface area contributed by atoms with Crippen LogP contribution in [0.1, 0.15) is 44.9 Å². The van der Waals surface area contributed by atoms with Crippen molar-refractivity contribution in [3.63, 3.8) is 0 Å². The molecule has 2 N–H and O–H groups in total. The van der Waals surface area contributed by atoms with Gasteiger partial charge in [-0.2, -0.15) is 5.26 Å². The number of benzene rings is 1. The zero-order valence-electron chi connectivity index (χ0n) is 15.1. The number of carbonyl (C=O) groups is 1. The Balaban J connectivity index is 2.86. The van der Waals surface area contributed by atoms with Crippen molar-refractivity contribution in [3.05, 3.63) is 41.1 Å². The summed E-state index contributed by atoms with van der Waals surface area (Å²) >= 11 is 0. The average Bonchev–Trinajstić information content (AvgIpc) is 2.53. The molecule has 0 saturated heterocycles. The molecule has 0 heterocycles. The number of hydrogen-bond acceptors (Lipinski definition) is 4. The van der Waals surface area contributed by atoms with Crippen molar-refractivity contribution in [2.75, 3.05) is 13.2 Å². The van der Waals surface area contributed by atoms with E-state index in [9.17, 15) is 10.1 Å². The summed E-state index contributed by atoms with van der Waals surface area (Å²) in [6.45, 7) is 11.2. The first-order valence-electron chi connectivity index (χ1n) is 8.26. The van der Waals surface area contributed by atoms with E-state index < -0.39 is 5.91 Å². The van der Waals surface area contributed by atoms with Gasteiger partial charge in [0.2, 0.25) is 0 Å². The van der Waals surface area contributed by atoms with Gasteiger partial charge in [-0.25, -0.2) is 0 Å². The lowest BCUT2D eigenvalue weighted by Gasteiger charge is -2.18. The second-order valence-corrected chi connectivity index (χ2v) is 6.14. The minimum Gasteiger partial charge on any atom is -0.494 e. The van der Waals surface area contributed by atoms with E-state index in [-0.39, 0.29) is 11.6 Å². The lowest BCUT2D eigenvalue weighted by Crippen LogP contribution is -2.29. The lowest BCUT2D eigenvalue weighted by molar-refractivity contribution is -0.117. The van der Waals surface area contributed by atoms with Gasteiger partial charge in [0.05, 0.1) is 12.6 Å². The van der Waals surface area contributed by atoms with E-state index in [1.54, 1.807) is 0 Å². The van der Waals surface area contributed by atoms with Gasteiger partial charge in [-0.3, -0.25) is 4.79 Å². The van der Waals surface area contributed by atoms with Gasteiger partial charge in [-0.15, -0.1) is 0 Å². The van der Waals surface area contributed by atoms with E-state index in [1.807, 2.05) is 45.0 Å². The Hall–Kier alpha value is -2.48. The van der Waals surface area contributed by atoms with Crippen LogP contribution in [-0.2, 0) is 4.79 Å². The molecule has 0 aromatic heterocycles. The van der Waals surface area contributed by atoms with Crippen LogP contribution < -0.4 is 15.4 Å². The van der Waals surface area contributed by atoms with Crippen LogP contribution in [-0.4, -0.2) is 19.1 Å². The first-order chi connectivity index (χ1) is 11.4. The van der Waals surface area contributed by atoms with Crippen molar-refractivity contribution in [3.8, 4) is 11.8 Å². The second kappa shape index (κ2) is 9.61. The van der Waals surface area contributed by atoms with E-state index >= 15 is 0 Å². The summed E-state index contributed by atoms with van der Waals surface area (Å²) in [6, 6.07) is 7.54. The maximum atomic E-state index is 12.3. The van der Waals surface area contributed by atoms with Gasteiger partial charge in [0.1, 0.15) is 17.4 Å². The molecule has 24 heavy (non-hydrogen) atoms. The summed E-state index contributed by atoms with van der Waals surface area (Å²) in [4.78, 5) is 12.3. The molecule has 0 bridgehead atoms. The van der Waals surface area contributed by atoms with Crippen LogP contribution in [0.15, 0.2) is 30.0 Å². The molecule has 5 heteroatoms. The predicted octanol–water partition coefficient (Wildman–Crippen LogP) is 3.22. The Morgan fingerprint density at radius 3 is 2.67 bits per heavy atom. The molecule has 1 amide bonds. The maximum absolute atomic E-state index is 12.3. The van der Waals surface area contributed by atoms with Crippen LogP contribution in [0, 0.1) is 24.2 Å². The van der Waals surface area contributed by atoms with Crippen LogP contribution in [0.3, 0.4) is 0 Å². The standard InChI is InChI=1S/C19H27N3O2/c1-6-24-18-8-7-14(4)9-17(18)15(5)22-19(23)16(10-20)12-21-11-13(2)3/h7-9,12-13,15,21H,6,11H2,1-5H3,(H,22,23)/b16-12-. The number of ether oxygens (including phenoxy) is 1. The highest BCUT2D eigenvalue weighted by Crippen LogP contribution is 2.26. The van der Waals surface area contributed by atoms with Gasteiger partial charge in [-0.1, -0.05) is 31.5 Å². The largest absolute Gasteiger partial charge is 0.494 e. The number of amides is 1. The van der Waals surface area contributed by atoms with Gasteiger partial charge in [0.15, 0.2) is 0 Å². The van der Waals surface area contributed by atoms with Crippen LogP contribution in [0.25, 0.3) is 0 Å². The fourth-order valence-electron chi connectivity index (χ4n) is 2.19. The molecule has 1 atom stereocenters. The molecule has 1 aromatic carbocycles. The normalized spacial score (nSPS) is 12.5. The smallest absolute Gasteiger partial charge is 0.263 e. The van der Waals surface area contributed by atoms with Crippen LogP contribution in [0.4, 0.5) is 0 Å². The molecule has 1 rings (SSSR count). The molecule has 0 radical (unpaired) electrons. The first-order valence-corrected chi connectivity index (χ1v) is 8.26. The second-order valence-electron chi connectivity index (χ2n) is 6.14. The monoisotopic (exact) mass is 329 g/mol. The van der Waals surface area contributed by atoms with Crippen LogP contribution >= 0.6 is 0 Å². The van der Waals surface area contributed by atoms with Gasteiger partial charge >= 0.3 is 0 Å². The Bertz CT molecular complexity index is 630. The Morgan fingerprint density at radius 1 is 1.38 bits per heavy atom. The number of nitrogens with zero attached hydrogens (tertiary/aromatic N) is 1. The van der Waals surface area contributed by atoms with E-state index in [1.165, 1.54) is 6.20 Å². The minimum absolute atomic E-state index is 0.0631. The molecule has 0 aliphatic heterocycles. The molecule has 130 valence electrons. The van der Waals surface area contributed by atoms with Gasteiger partial charge < -0.3 is 15.4 Å². The summed E-state index contributed by atoms with van der Waals surface area (Å²) < 4.78 is 5.63. The molecular weight excluding hydrogens is 302 g/mol. The summed E-state index contributed by atoms with van der Waals surface area (Å²) in [5.41, 5.74) is 2.05. The number of rotatable bonds is 8. The zero-order chi connectivity index (χ0) is 18.1. The van der Waals surface area contributed by atoms with Crippen molar-refractivity contribution >= 4 is 5.91 Å². The molecule has 0 spiro atoms. The molecule has 5 nitrogen and oxygen atoms in total. The lowest BCUT2D eigenvalue weighted by atomic mass is 10.0. The summed E-state index contributed by atoms with van der Waals surface area (Å²) in [5, 5.41) is 15.0. The molecule has 0 aliphatic carbocycles. The van der Waals surface area contributed by atoms with E-state index in [4.69, 9.17) is 4.74 Å². The number of hydrogen-bond donors (Lipinski definition) is 2. The molecular formula is C19H27N3O2. The highest BCUT2D eigenvalue weighted by molar-refractivity contribution is 5.97. The Labute approximate surface area is 144 Å². The molecule has 1 unspecified atom stereocenters. The van der Waals surface area contributed by atoms with Gasteiger partial charge in [0.25, 0.3) is 5.91 Å². The van der Waals surface area contributed by atoms with Gasteiger partial charge in [-0.05, 0) is 32.8 Å². The third-order valence-corrected chi connectivity index (χ3v) is 3.42. The Kier molecular flexibility index (Phi) is 7.84. The topological polar surface area (TPSA) is 74.1 Å². The number of nitrogens with one attached hydrogen (secondary N) is 2. The quantitative estimate of drug-likeness (QED) is 0.567. The fraction of sp³-hybridized carbons (Fsp3) is 0.474. The summed E-state index contributed by atoms with van der Waals surface area (Å²) in [5.74, 6) is 0.783. The SMILES string of the molecule is CCOc1ccc(C)cc1C(C)NC(=O)/C(C#N)=C\NCC(C)C. The van der Waals surface area contributed by atoms with Crippen LogP contribution in [0.5, 0.6) is 5.75 Å². The number of aryl methyl sites for hydroxylation is 1. The number of carbonyl (C=O) groups excluding carboxylic acids is 1. The van der Waals surface area contributed by atoms with E-state index in [0.717, 1.165) is 16.9 Å². The summed E-state index contributed by atoms with van der Waals surface area (Å²) in [6.07, 6.45) is 1.47. The maximum Gasteiger partial charge on any atom is 0.263 e. The third kappa shape index (κ3) is 5.96. The Morgan fingerprint density at radius 2 is 2.08 bits per heavy atom. The summed E-state index contributed by atoms with van der Waals surface area (Å²) in [7, 11) is 0. The molecule has 0 saturated carbocycles. The van der Waals surface area contributed by atoms with Crippen molar-refractivity contribution in [2.45, 2.75) is 40.7 Å².